The zero-order chi connectivity index (χ0) is 15.0. The van der Waals surface area contributed by atoms with E-state index in [2.05, 4.69) is 6.07 Å². The van der Waals surface area contributed by atoms with Crippen LogP contribution in [0.1, 0.15) is 52.2 Å². The van der Waals surface area contributed by atoms with Crippen molar-refractivity contribution in [1.29, 1.82) is 5.26 Å². The molecular weight excluding hydrogens is 252 g/mol. The lowest BCUT2D eigenvalue weighted by Crippen LogP contribution is -2.43. The first-order valence-electron chi connectivity index (χ1n) is 7.36. The molecule has 0 bridgehead atoms. The third-order valence-corrected chi connectivity index (χ3v) is 3.57. The van der Waals surface area contributed by atoms with E-state index in [9.17, 15) is 10.1 Å². The minimum absolute atomic E-state index is 0.0670. The number of carbonyl (C=O) groups excluding carboxylic acids is 1. The number of nitrogens with zero attached hydrogens (tertiary/aromatic N) is 2. The van der Waals surface area contributed by atoms with Crippen LogP contribution in [0.15, 0.2) is 22.8 Å². The van der Waals surface area contributed by atoms with Crippen LogP contribution in [0.2, 0.25) is 0 Å². The van der Waals surface area contributed by atoms with Gasteiger partial charge < -0.3 is 9.32 Å². The van der Waals surface area contributed by atoms with Gasteiger partial charge in [-0.1, -0.05) is 26.7 Å². The Morgan fingerprint density at radius 1 is 1.35 bits per heavy atom. The summed E-state index contributed by atoms with van der Waals surface area (Å²) in [5.74, 6) is 0.683. The number of hydrogen-bond donors (Lipinski definition) is 0. The van der Waals surface area contributed by atoms with Gasteiger partial charge in [-0.05, 0) is 31.9 Å². The zero-order valence-corrected chi connectivity index (χ0v) is 12.7. The molecule has 1 aromatic heterocycles. The molecule has 4 heteroatoms. The summed E-state index contributed by atoms with van der Waals surface area (Å²) < 4.78 is 5.31. The smallest absolute Gasteiger partial charge is 0.243 e. The Morgan fingerprint density at radius 3 is 2.40 bits per heavy atom. The number of amides is 1. The molecule has 0 radical (unpaired) electrons. The van der Waals surface area contributed by atoms with E-state index in [1.165, 1.54) is 0 Å². The summed E-state index contributed by atoms with van der Waals surface area (Å²) in [6.45, 7) is 6.96. The molecule has 0 N–H and O–H groups in total. The molecule has 0 aliphatic heterocycles. The van der Waals surface area contributed by atoms with Gasteiger partial charge in [-0.3, -0.25) is 4.79 Å². The fourth-order valence-electron chi connectivity index (χ4n) is 2.57. The van der Waals surface area contributed by atoms with Crippen molar-refractivity contribution >= 4 is 5.91 Å². The van der Waals surface area contributed by atoms with Gasteiger partial charge in [0.15, 0.2) is 0 Å². The minimum atomic E-state index is -0.883. The molecule has 0 saturated carbocycles. The third kappa shape index (κ3) is 3.63. The quantitative estimate of drug-likeness (QED) is 0.726. The SMILES string of the molecule is CCCC(C#N)(CCC)C(=O)N(CC)Cc1ccco1. The van der Waals surface area contributed by atoms with E-state index in [0.29, 0.717) is 25.9 Å². The summed E-state index contributed by atoms with van der Waals surface area (Å²) in [5, 5.41) is 9.56. The van der Waals surface area contributed by atoms with E-state index in [-0.39, 0.29) is 5.91 Å². The monoisotopic (exact) mass is 276 g/mol. The Labute approximate surface area is 121 Å². The van der Waals surface area contributed by atoms with Gasteiger partial charge in [-0.2, -0.15) is 5.26 Å². The topological polar surface area (TPSA) is 57.2 Å². The molecule has 110 valence electrons. The second-order valence-electron chi connectivity index (χ2n) is 5.09. The molecule has 4 nitrogen and oxygen atoms in total. The lowest BCUT2D eigenvalue weighted by Gasteiger charge is -2.31. The molecule has 1 heterocycles. The highest BCUT2D eigenvalue weighted by molar-refractivity contribution is 5.85. The number of furan rings is 1. The van der Waals surface area contributed by atoms with Gasteiger partial charge in [-0.25, -0.2) is 0 Å². The largest absolute Gasteiger partial charge is 0.467 e. The van der Waals surface area contributed by atoms with E-state index in [1.54, 1.807) is 11.2 Å². The normalized spacial score (nSPS) is 11.1. The van der Waals surface area contributed by atoms with E-state index in [0.717, 1.165) is 18.6 Å². The van der Waals surface area contributed by atoms with Crippen LogP contribution >= 0.6 is 0 Å². The van der Waals surface area contributed by atoms with Crippen molar-refractivity contribution in [2.75, 3.05) is 6.54 Å². The standard InChI is InChI=1S/C16H24N2O2/c1-4-9-16(13-17,10-5-2)15(19)18(6-3)12-14-8-7-11-20-14/h7-8,11H,4-6,9-10,12H2,1-3H3. The van der Waals surface area contributed by atoms with Crippen LogP contribution < -0.4 is 0 Å². The minimum Gasteiger partial charge on any atom is -0.467 e. The predicted octanol–water partition coefficient (Wildman–Crippen LogP) is 3.74. The van der Waals surface area contributed by atoms with E-state index in [1.807, 2.05) is 32.9 Å². The van der Waals surface area contributed by atoms with Crippen LogP contribution in [0.5, 0.6) is 0 Å². The van der Waals surface area contributed by atoms with Crippen LogP contribution in [0, 0.1) is 16.7 Å². The Kier molecular flexibility index (Phi) is 6.30. The number of hydrogen-bond acceptors (Lipinski definition) is 3. The third-order valence-electron chi connectivity index (χ3n) is 3.57. The van der Waals surface area contributed by atoms with Gasteiger partial charge in [0.25, 0.3) is 0 Å². The van der Waals surface area contributed by atoms with Crippen LogP contribution in [-0.4, -0.2) is 17.4 Å². The van der Waals surface area contributed by atoms with Crippen molar-refractivity contribution in [3.63, 3.8) is 0 Å². The fourth-order valence-corrected chi connectivity index (χ4v) is 2.57. The Balaban J connectivity index is 2.93. The maximum absolute atomic E-state index is 12.8. The highest BCUT2D eigenvalue weighted by atomic mass is 16.3. The number of carbonyl (C=O) groups is 1. The van der Waals surface area contributed by atoms with Crippen molar-refractivity contribution < 1.29 is 9.21 Å². The van der Waals surface area contributed by atoms with E-state index in [4.69, 9.17) is 4.42 Å². The lowest BCUT2D eigenvalue weighted by molar-refractivity contribution is -0.140. The molecular formula is C16H24N2O2. The van der Waals surface area contributed by atoms with Crippen LogP contribution in [0.3, 0.4) is 0 Å². The van der Waals surface area contributed by atoms with E-state index < -0.39 is 5.41 Å². The molecule has 20 heavy (non-hydrogen) atoms. The molecule has 0 fully saturated rings. The van der Waals surface area contributed by atoms with Gasteiger partial charge in [0.1, 0.15) is 11.2 Å². The molecule has 0 spiro atoms. The summed E-state index contributed by atoms with van der Waals surface area (Å²) in [5.41, 5.74) is -0.883. The lowest BCUT2D eigenvalue weighted by atomic mass is 9.79. The molecule has 1 rings (SSSR count). The molecule has 0 aliphatic rings. The van der Waals surface area contributed by atoms with Crippen LogP contribution in [-0.2, 0) is 11.3 Å². The highest BCUT2D eigenvalue weighted by Crippen LogP contribution is 2.32. The summed E-state index contributed by atoms with van der Waals surface area (Å²) >= 11 is 0. The fraction of sp³-hybridized carbons (Fsp3) is 0.625. The van der Waals surface area contributed by atoms with Gasteiger partial charge in [0.2, 0.25) is 5.91 Å². The second-order valence-corrected chi connectivity index (χ2v) is 5.09. The highest BCUT2D eigenvalue weighted by Gasteiger charge is 2.39. The van der Waals surface area contributed by atoms with Crippen molar-refractivity contribution in [2.45, 2.75) is 53.0 Å². The first kappa shape index (κ1) is 16.3. The van der Waals surface area contributed by atoms with Gasteiger partial charge in [-0.15, -0.1) is 0 Å². The molecule has 1 aromatic rings. The molecule has 0 unspecified atom stereocenters. The zero-order valence-electron chi connectivity index (χ0n) is 12.7. The van der Waals surface area contributed by atoms with Gasteiger partial charge in [0.05, 0.1) is 18.9 Å². The number of nitriles is 1. The Morgan fingerprint density at radius 2 is 2.00 bits per heavy atom. The first-order chi connectivity index (χ1) is 9.63. The van der Waals surface area contributed by atoms with Crippen molar-refractivity contribution in [3.05, 3.63) is 24.2 Å². The number of rotatable bonds is 8. The van der Waals surface area contributed by atoms with Crippen LogP contribution in [0.4, 0.5) is 0 Å². The summed E-state index contributed by atoms with van der Waals surface area (Å²) in [6.07, 6.45) is 4.49. The molecule has 0 saturated heterocycles. The summed E-state index contributed by atoms with van der Waals surface area (Å²) in [7, 11) is 0. The van der Waals surface area contributed by atoms with Crippen molar-refractivity contribution in [3.8, 4) is 6.07 Å². The van der Waals surface area contributed by atoms with Gasteiger partial charge in [0, 0.05) is 6.54 Å². The van der Waals surface area contributed by atoms with Crippen LogP contribution in [0.25, 0.3) is 0 Å². The molecule has 0 aromatic carbocycles. The average Bonchev–Trinajstić information content (AvgIpc) is 2.96. The maximum atomic E-state index is 12.8. The van der Waals surface area contributed by atoms with Gasteiger partial charge >= 0.3 is 0 Å². The summed E-state index contributed by atoms with van der Waals surface area (Å²) in [6, 6.07) is 5.95. The Bertz CT molecular complexity index is 440. The first-order valence-corrected chi connectivity index (χ1v) is 7.36. The average molecular weight is 276 g/mol. The van der Waals surface area contributed by atoms with E-state index >= 15 is 0 Å². The molecule has 0 aliphatic carbocycles. The molecule has 0 atom stereocenters. The van der Waals surface area contributed by atoms with Crippen molar-refractivity contribution in [2.24, 2.45) is 5.41 Å². The Hall–Kier alpha value is -1.76. The second kappa shape index (κ2) is 7.74. The maximum Gasteiger partial charge on any atom is 0.243 e. The predicted molar refractivity (Wildman–Crippen MR) is 77.7 cm³/mol. The van der Waals surface area contributed by atoms with Crippen molar-refractivity contribution in [1.82, 2.24) is 4.90 Å². The molecule has 1 amide bonds. The summed E-state index contributed by atoms with van der Waals surface area (Å²) in [4.78, 5) is 14.5.